The molecule has 4 nitrogen and oxygen atoms in total. The largest absolute Gasteiger partial charge is 0.462 e. The highest BCUT2D eigenvalue weighted by Gasteiger charge is 2.35. The van der Waals surface area contributed by atoms with E-state index in [-0.39, 0.29) is 17.7 Å². The number of ketones is 1. The molecule has 29 heavy (non-hydrogen) atoms. The van der Waals surface area contributed by atoms with Crippen molar-refractivity contribution in [3.8, 4) is 0 Å². The van der Waals surface area contributed by atoms with Gasteiger partial charge in [0.25, 0.3) is 0 Å². The SMILES string of the molecule is CC1=C(C(=O)OCC(C)C)CC2=C(CCCC2=O)N1c1cccc2ccccc12. The van der Waals surface area contributed by atoms with E-state index in [4.69, 9.17) is 4.74 Å². The molecule has 1 heterocycles. The molecule has 0 fully saturated rings. The number of anilines is 1. The average molecular weight is 389 g/mol. The first-order valence-electron chi connectivity index (χ1n) is 10.4. The van der Waals surface area contributed by atoms with Crippen LogP contribution in [0, 0.1) is 5.92 Å². The number of rotatable bonds is 4. The van der Waals surface area contributed by atoms with Crippen molar-refractivity contribution in [2.45, 2.75) is 46.5 Å². The van der Waals surface area contributed by atoms with Crippen molar-refractivity contribution < 1.29 is 14.3 Å². The maximum Gasteiger partial charge on any atom is 0.336 e. The lowest BCUT2D eigenvalue weighted by Crippen LogP contribution is -2.33. The van der Waals surface area contributed by atoms with Crippen molar-refractivity contribution in [1.29, 1.82) is 0 Å². The fourth-order valence-electron chi connectivity index (χ4n) is 4.25. The molecule has 2 aliphatic rings. The van der Waals surface area contributed by atoms with Gasteiger partial charge in [-0.2, -0.15) is 0 Å². The van der Waals surface area contributed by atoms with Crippen LogP contribution in [0.15, 0.2) is 65.0 Å². The van der Waals surface area contributed by atoms with Gasteiger partial charge in [-0.1, -0.05) is 50.2 Å². The van der Waals surface area contributed by atoms with Crippen LogP contribution in [0.3, 0.4) is 0 Å². The molecule has 150 valence electrons. The fourth-order valence-corrected chi connectivity index (χ4v) is 4.25. The van der Waals surface area contributed by atoms with Crippen molar-refractivity contribution in [3.63, 3.8) is 0 Å². The van der Waals surface area contributed by atoms with Crippen LogP contribution >= 0.6 is 0 Å². The summed E-state index contributed by atoms with van der Waals surface area (Å²) in [6.45, 7) is 6.38. The molecule has 0 bridgehead atoms. The molecule has 0 spiro atoms. The van der Waals surface area contributed by atoms with Gasteiger partial charge in [-0.05, 0) is 37.1 Å². The summed E-state index contributed by atoms with van der Waals surface area (Å²) in [5.41, 5.74) is 4.27. The summed E-state index contributed by atoms with van der Waals surface area (Å²) in [5, 5.41) is 2.24. The van der Waals surface area contributed by atoms with E-state index >= 15 is 0 Å². The summed E-state index contributed by atoms with van der Waals surface area (Å²) in [7, 11) is 0. The van der Waals surface area contributed by atoms with E-state index in [9.17, 15) is 9.59 Å². The third kappa shape index (κ3) is 3.59. The molecule has 0 N–H and O–H groups in total. The van der Waals surface area contributed by atoms with Gasteiger partial charge in [0.05, 0.1) is 17.9 Å². The lowest BCUT2D eigenvalue weighted by molar-refractivity contribution is -0.140. The Labute approximate surface area is 171 Å². The van der Waals surface area contributed by atoms with Gasteiger partial charge >= 0.3 is 5.97 Å². The number of ether oxygens (including phenoxy) is 1. The molecule has 0 saturated carbocycles. The Hall–Kier alpha value is -2.88. The molecule has 4 rings (SSSR count). The van der Waals surface area contributed by atoms with Crippen molar-refractivity contribution in [1.82, 2.24) is 0 Å². The quantitative estimate of drug-likeness (QED) is 0.645. The number of allylic oxidation sites excluding steroid dienone is 3. The summed E-state index contributed by atoms with van der Waals surface area (Å²) < 4.78 is 5.54. The maximum atomic E-state index is 12.9. The molecule has 0 unspecified atom stereocenters. The van der Waals surface area contributed by atoms with Gasteiger partial charge in [-0.3, -0.25) is 4.79 Å². The normalized spacial score (nSPS) is 17.2. The number of hydrogen-bond acceptors (Lipinski definition) is 4. The Morgan fingerprint density at radius 3 is 2.66 bits per heavy atom. The van der Waals surface area contributed by atoms with E-state index in [1.165, 1.54) is 0 Å². The first-order valence-corrected chi connectivity index (χ1v) is 10.4. The maximum absolute atomic E-state index is 12.9. The van der Waals surface area contributed by atoms with Crippen molar-refractivity contribution in [2.24, 2.45) is 5.92 Å². The highest BCUT2D eigenvalue weighted by Crippen LogP contribution is 2.42. The zero-order valence-electron chi connectivity index (χ0n) is 17.3. The van der Waals surface area contributed by atoms with Gasteiger partial charge in [0, 0.05) is 35.2 Å². The molecule has 1 aliphatic carbocycles. The van der Waals surface area contributed by atoms with Crippen LogP contribution < -0.4 is 4.90 Å². The molecule has 0 radical (unpaired) electrons. The molecule has 0 amide bonds. The Bertz CT molecular complexity index is 1040. The second-order valence-electron chi connectivity index (χ2n) is 8.27. The van der Waals surface area contributed by atoms with Crippen LogP contribution in [0.2, 0.25) is 0 Å². The molecular formula is C25H27NO3. The van der Waals surface area contributed by atoms with Crippen LogP contribution in [0.5, 0.6) is 0 Å². The number of esters is 1. The summed E-state index contributed by atoms with van der Waals surface area (Å²) in [5.74, 6) is 0.105. The van der Waals surface area contributed by atoms with Crippen LogP contribution in [0.1, 0.15) is 46.5 Å². The van der Waals surface area contributed by atoms with Gasteiger partial charge in [-0.25, -0.2) is 4.79 Å². The summed E-state index contributed by atoms with van der Waals surface area (Å²) >= 11 is 0. The Balaban J connectivity index is 1.86. The van der Waals surface area contributed by atoms with Crippen molar-refractivity contribution in [3.05, 3.63) is 65.0 Å². The number of nitrogens with zero attached hydrogens (tertiary/aromatic N) is 1. The standard InChI is InChI=1S/C25H27NO3/c1-16(2)15-29-25(28)20-14-21-23(12-7-13-24(21)27)26(17(20)3)22-11-6-9-18-8-4-5-10-19(18)22/h4-6,8-11,16H,7,12-15H2,1-3H3. The molecule has 1 aliphatic heterocycles. The number of fused-ring (bicyclic) bond motifs is 1. The van der Waals surface area contributed by atoms with E-state index in [0.29, 0.717) is 25.0 Å². The summed E-state index contributed by atoms with van der Waals surface area (Å²) in [6, 6.07) is 14.4. The monoisotopic (exact) mass is 389 g/mol. The zero-order valence-corrected chi connectivity index (χ0v) is 17.3. The molecule has 4 heteroatoms. The highest BCUT2D eigenvalue weighted by atomic mass is 16.5. The molecule has 0 saturated heterocycles. The predicted molar refractivity (Wildman–Crippen MR) is 115 cm³/mol. The van der Waals surface area contributed by atoms with Crippen molar-refractivity contribution in [2.75, 3.05) is 11.5 Å². The third-order valence-electron chi connectivity index (χ3n) is 5.70. The Kier molecular flexibility index (Phi) is 5.27. The first kappa shape index (κ1) is 19.4. The minimum atomic E-state index is -0.314. The Morgan fingerprint density at radius 1 is 1.10 bits per heavy atom. The van der Waals surface area contributed by atoms with E-state index in [2.05, 4.69) is 29.2 Å². The molecule has 2 aromatic carbocycles. The van der Waals surface area contributed by atoms with E-state index in [1.807, 2.05) is 39.0 Å². The number of carbonyl (C=O) groups is 2. The molecule has 0 aromatic heterocycles. The van der Waals surface area contributed by atoms with Crippen LogP contribution in [0.25, 0.3) is 10.8 Å². The zero-order chi connectivity index (χ0) is 20.5. The topological polar surface area (TPSA) is 46.6 Å². The molecule has 2 aromatic rings. The number of hydrogen-bond donors (Lipinski definition) is 0. The Morgan fingerprint density at radius 2 is 1.86 bits per heavy atom. The lowest BCUT2D eigenvalue weighted by Gasteiger charge is -2.38. The van der Waals surface area contributed by atoms with E-state index in [1.54, 1.807) is 0 Å². The average Bonchev–Trinajstić information content (AvgIpc) is 2.72. The van der Waals surface area contributed by atoms with E-state index in [0.717, 1.165) is 46.3 Å². The van der Waals surface area contributed by atoms with Gasteiger partial charge in [0.15, 0.2) is 5.78 Å². The lowest BCUT2D eigenvalue weighted by atomic mass is 9.85. The van der Waals surface area contributed by atoms with E-state index < -0.39 is 0 Å². The summed E-state index contributed by atoms with van der Waals surface area (Å²) in [6.07, 6.45) is 2.61. The molecular weight excluding hydrogens is 362 g/mol. The fraction of sp³-hybridized carbons (Fsp3) is 0.360. The van der Waals surface area contributed by atoms with Crippen LogP contribution in [-0.4, -0.2) is 18.4 Å². The van der Waals surface area contributed by atoms with Gasteiger partial charge < -0.3 is 9.64 Å². The van der Waals surface area contributed by atoms with Gasteiger partial charge in [0.2, 0.25) is 0 Å². The third-order valence-corrected chi connectivity index (χ3v) is 5.70. The smallest absolute Gasteiger partial charge is 0.336 e. The minimum Gasteiger partial charge on any atom is -0.462 e. The summed E-state index contributed by atoms with van der Waals surface area (Å²) in [4.78, 5) is 27.8. The minimum absolute atomic E-state index is 0.151. The highest BCUT2D eigenvalue weighted by molar-refractivity contribution is 6.04. The van der Waals surface area contributed by atoms with Gasteiger partial charge in [0.1, 0.15) is 0 Å². The van der Waals surface area contributed by atoms with Crippen LogP contribution in [-0.2, 0) is 14.3 Å². The number of Topliss-reactive ketones (excluding diaryl/α,β-unsaturated/α-hetero) is 1. The number of benzene rings is 2. The number of carbonyl (C=O) groups excluding carboxylic acids is 2. The second-order valence-corrected chi connectivity index (χ2v) is 8.27. The van der Waals surface area contributed by atoms with Crippen LogP contribution in [0.4, 0.5) is 5.69 Å². The first-order chi connectivity index (χ1) is 14.0. The van der Waals surface area contributed by atoms with Gasteiger partial charge in [-0.15, -0.1) is 0 Å². The molecule has 0 atom stereocenters. The predicted octanol–water partition coefficient (Wildman–Crippen LogP) is 5.53. The van der Waals surface area contributed by atoms with Crippen molar-refractivity contribution >= 4 is 28.2 Å². The second kappa shape index (κ2) is 7.86.